The number of hydrogen-bond acceptors (Lipinski definition) is 6. The van der Waals surface area contributed by atoms with E-state index >= 15 is 0 Å². The lowest BCUT2D eigenvalue weighted by atomic mass is 10.3. The van der Waals surface area contributed by atoms with E-state index in [-0.39, 0.29) is 11.9 Å². The molecule has 1 aliphatic rings. The topological polar surface area (TPSA) is 58.6 Å². The minimum absolute atomic E-state index is 0.0856. The van der Waals surface area contributed by atoms with E-state index < -0.39 is 11.9 Å². The first-order valence-corrected chi connectivity index (χ1v) is 6.84. The molecule has 0 radical (unpaired) electrons. The molecule has 9 heteroatoms. The normalized spacial score (nSPS) is 16.6. The highest BCUT2D eigenvalue weighted by Gasteiger charge is 2.33. The molecular formula is C13H17F3N4O2. The van der Waals surface area contributed by atoms with Crippen LogP contribution >= 0.6 is 0 Å². The second kappa shape index (κ2) is 6.91. The molecule has 0 aliphatic carbocycles. The van der Waals surface area contributed by atoms with Crippen molar-refractivity contribution >= 4 is 11.9 Å². The molecule has 6 nitrogen and oxygen atoms in total. The van der Waals surface area contributed by atoms with Gasteiger partial charge in [0.15, 0.2) is 0 Å². The first-order chi connectivity index (χ1) is 10.4. The number of halogens is 3. The van der Waals surface area contributed by atoms with Crippen LogP contribution in [0.3, 0.4) is 0 Å². The smallest absolute Gasteiger partial charge is 0.433 e. The quantitative estimate of drug-likeness (QED) is 0.777. The minimum Gasteiger partial charge on any atom is -0.469 e. The number of ether oxygens (including phenoxy) is 1. The Labute approximate surface area is 125 Å². The third-order valence-corrected chi connectivity index (χ3v) is 3.45. The second-order valence-corrected chi connectivity index (χ2v) is 4.89. The molecule has 0 bridgehead atoms. The predicted octanol–water partition coefficient (Wildman–Crippen LogP) is 1.18. The number of anilines is 1. The molecule has 2 heterocycles. The molecule has 1 fully saturated rings. The Bertz CT molecular complexity index is 516. The monoisotopic (exact) mass is 318 g/mol. The van der Waals surface area contributed by atoms with Crippen LogP contribution in [0.4, 0.5) is 19.1 Å². The van der Waals surface area contributed by atoms with Gasteiger partial charge in [0.1, 0.15) is 5.69 Å². The molecule has 0 aromatic carbocycles. The van der Waals surface area contributed by atoms with E-state index in [1.165, 1.54) is 7.11 Å². The van der Waals surface area contributed by atoms with Crippen molar-refractivity contribution in [3.05, 3.63) is 18.0 Å². The standard InChI is InChI=1S/C13H17F3N4O2/c1-22-11(21)3-5-19-6-8-20(9-7-19)12-17-4-2-10(18-12)13(14,15)16/h2,4H,3,5-9H2,1H3. The van der Waals surface area contributed by atoms with Crippen LogP contribution in [0.25, 0.3) is 0 Å². The van der Waals surface area contributed by atoms with Gasteiger partial charge in [-0.1, -0.05) is 0 Å². The van der Waals surface area contributed by atoms with E-state index in [0.717, 1.165) is 12.3 Å². The van der Waals surface area contributed by atoms with Crippen molar-refractivity contribution in [3.8, 4) is 0 Å². The van der Waals surface area contributed by atoms with E-state index in [1.54, 1.807) is 4.90 Å². The van der Waals surface area contributed by atoms with E-state index in [4.69, 9.17) is 0 Å². The fraction of sp³-hybridized carbons (Fsp3) is 0.615. The van der Waals surface area contributed by atoms with E-state index in [2.05, 4.69) is 19.6 Å². The van der Waals surface area contributed by atoms with Crippen molar-refractivity contribution in [2.75, 3.05) is 44.7 Å². The molecule has 0 unspecified atom stereocenters. The first-order valence-electron chi connectivity index (χ1n) is 6.84. The van der Waals surface area contributed by atoms with Crippen molar-refractivity contribution in [3.63, 3.8) is 0 Å². The molecular weight excluding hydrogens is 301 g/mol. The summed E-state index contributed by atoms with van der Waals surface area (Å²) in [6.45, 7) is 2.88. The summed E-state index contributed by atoms with van der Waals surface area (Å²) in [7, 11) is 1.34. The van der Waals surface area contributed by atoms with Crippen LogP contribution in [0, 0.1) is 0 Å². The van der Waals surface area contributed by atoms with Crippen molar-refractivity contribution in [1.29, 1.82) is 0 Å². The van der Waals surface area contributed by atoms with Crippen LogP contribution in [-0.2, 0) is 15.7 Å². The maximum absolute atomic E-state index is 12.6. The van der Waals surface area contributed by atoms with Gasteiger partial charge in [0, 0.05) is 38.9 Å². The number of hydrogen-bond donors (Lipinski definition) is 0. The van der Waals surface area contributed by atoms with Gasteiger partial charge >= 0.3 is 12.1 Å². The summed E-state index contributed by atoms with van der Waals surface area (Å²) in [5.41, 5.74) is -0.939. The average Bonchev–Trinajstić information content (AvgIpc) is 2.52. The number of carbonyl (C=O) groups excluding carboxylic acids is 1. The fourth-order valence-corrected chi connectivity index (χ4v) is 2.18. The van der Waals surface area contributed by atoms with Crippen LogP contribution in [0.5, 0.6) is 0 Å². The highest BCUT2D eigenvalue weighted by atomic mass is 19.4. The second-order valence-electron chi connectivity index (χ2n) is 4.89. The Balaban J connectivity index is 1.90. The van der Waals surface area contributed by atoms with Gasteiger partial charge in [-0.25, -0.2) is 9.97 Å². The van der Waals surface area contributed by atoms with E-state index in [1.807, 2.05) is 0 Å². The van der Waals surface area contributed by atoms with E-state index in [0.29, 0.717) is 39.1 Å². The zero-order valence-corrected chi connectivity index (χ0v) is 12.1. The summed E-state index contributed by atoms with van der Waals surface area (Å²) in [6, 6.07) is 0.857. The molecule has 2 rings (SSSR count). The maximum atomic E-state index is 12.6. The van der Waals surface area contributed by atoms with Gasteiger partial charge < -0.3 is 9.64 Å². The zero-order chi connectivity index (χ0) is 16.2. The molecule has 0 atom stereocenters. The molecule has 1 aromatic heterocycles. The molecule has 0 saturated carbocycles. The van der Waals surface area contributed by atoms with Crippen LogP contribution < -0.4 is 4.90 Å². The molecule has 0 N–H and O–H groups in total. The Morgan fingerprint density at radius 2 is 2.00 bits per heavy atom. The average molecular weight is 318 g/mol. The third-order valence-electron chi connectivity index (χ3n) is 3.45. The largest absolute Gasteiger partial charge is 0.469 e. The summed E-state index contributed by atoms with van der Waals surface area (Å²) in [6.07, 6.45) is -3.05. The number of rotatable bonds is 4. The summed E-state index contributed by atoms with van der Waals surface area (Å²) in [5.74, 6) is -0.189. The summed E-state index contributed by atoms with van der Waals surface area (Å²) in [4.78, 5) is 22.3. The number of piperazine rings is 1. The molecule has 1 saturated heterocycles. The van der Waals surface area contributed by atoms with Gasteiger partial charge in [0.25, 0.3) is 0 Å². The lowest BCUT2D eigenvalue weighted by Crippen LogP contribution is -2.47. The Hall–Kier alpha value is -1.90. The van der Waals surface area contributed by atoms with Crippen molar-refractivity contribution in [2.24, 2.45) is 0 Å². The predicted molar refractivity (Wildman–Crippen MR) is 72.3 cm³/mol. The fourth-order valence-electron chi connectivity index (χ4n) is 2.18. The molecule has 122 valence electrons. The highest BCUT2D eigenvalue weighted by molar-refractivity contribution is 5.69. The first kappa shape index (κ1) is 16.5. The lowest BCUT2D eigenvalue weighted by Gasteiger charge is -2.34. The van der Waals surface area contributed by atoms with Gasteiger partial charge in [0.05, 0.1) is 13.5 Å². The lowest BCUT2D eigenvalue weighted by molar-refractivity contribution is -0.141. The molecule has 1 aromatic rings. The number of methoxy groups -OCH3 is 1. The number of nitrogens with zero attached hydrogens (tertiary/aromatic N) is 4. The van der Waals surface area contributed by atoms with Gasteiger partial charge in [-0.3, -0.25) is 9.69 Å². The Kier molecular flexibility index (Phi) is 5.17. The number of esters is 1. The van der Waals surface area contributed by atoms with Crippen molar-refractivity contribution in [1.82, 2.24) is 14.9 Å². The number of carbonyl (C=O) groups is 1. The Morgan fingerprint density at radius 3 is 2.59 bits per heavy atom. The summed E-state index contributed by atoms with van der Waals surface area (Å²) in [5, 5.41) is 0. The van der Waals surface area contributed by atoms with Gasteiger partial charge in [-0.05, 0) is 6.07 Å². The Morgan fingerprint density at radius 1 is 1.32 bits per heavy atom. The van der Waals surface area contributed by atoms with Crippen LogP contribution in [0.2, 0.25) is 0 Å². The van der Waals surface area contributed by atoms with E-state index in [9.17, 15) is 18.0 Å². The number of aromatic nitrogens is 2. The van der Waals surface area contributed by atoms with Crippen LogP contribution in [0.1, 0.15) is 12.1 Å². The molecule has 0 amide bonds. The maximum Gasteiger partial charge on any atom is 0.433 e. The SMILES string of the molecule is COC(=O)CCN1CCN(c2nccc(C(F)(F)F)n2)CC1. The van der Waals surface area contributed by atoms with Crippen LogP contribution in [0.15, 0.2) is 12.3 Å². The molecule has 1 aliphatic heterocycles. The number of alkyl halides is 3. The minimum atomic E-state index is -4.47. The molecule has 0 spiro atoms. The zero-order valence-electron chi connectivity index (χ0n) is 12.1. The summed E-state index contributed by atoms with van der Waals surface area (Å²) < 4.78 is 42.5. The third kappa shape index (κ3) is 4.30. The van der Waals surface area contributed by atoms with Crippen molar-refractivity contribution in [2.45, 2.75) is 12.6 Å². The highest BCUT2D eigenvalue weighted by Crippen LogP contribution is 2.28. The van der Waals surface area contributed by atoms with Gasteiger partial charge in [-0.15, -0.1) is 0 Å². The molecule has 22 heavy (non-hydrogen) atoms. The van der Waals surface area contributed by atoms with Crippen molar-refractivity contribution < 1.29 is 22.7 Å². The van der Waals surface area contributed by atoms with Gasteiger partial charge in [-0.2, -0.15) is 13.2 Å². The van der Waals surface area contributed by atoms with Crippen LogP contribution in [-0.4, -0.2) is 60.7 Å². The van der Waals surface area contributed by atoms with Gasteiger partial charge in [0.2, 0.25) is 5.95 Å². The summed E-state index contributed by atoms with van der Waals surface area (Å²) >= 11 is 0.